The third kappa shape index (κ3) is 10.2. The molecule has 0 unspecified atom stereocenters. The molecular formula is C86H58N8. The third-order valence-corrected chi connectivity index (χ3v) is 18.0. The van der Waals surface area contributed by atoms with Crippen LogP contribution in [0.5, 0.6) is 0 Å². The van der Waals surface area contributed by atoms with Crippen LogP contribution in [0.1, 0.15) is 11.1 Å². The molecule has 0 saturated heterocycles. The summed E-state index contributed by atoms with van der Waals surface area (Å²) in [7, 11) is 0. The number of aromatic nitrogens is 8. The highest BCUT2D eigenvalue weighted by Crippen LogP contribution is 2.43. The molecular weight excluding hydrogens is 1150 g/mol. The van der Waals surface area contributed by atoms with E-state index in [1.54, 1.807) is 0 Å². The number of rotatable bonds is 12. The van der Waals surface area contributed by atoms with Gasteiger partial charge in [-0.15, -0.1) is 0 Å². The summed E-state index contributed by atoms with van der Waals surface area (Å²) in [5.41, 5.74) is 22.8. The monoisotopic (exact) mass is 1200 g/mol. The fraction of sp³-hybridized carbons (Fsp3) is 0.0233. The van der Waals surface area contributed by atoms with Crippen molar-refractivity contribution in [2.75, 3.05) is 0 Å². The van der Waals surface area contributed by atoms with Crippen molar-refractivity contribution in [3.63, 3.8) is 0 Å². The Morgan fingerprint density at radius 1 is 0.213 bits per heavy atom. The van der Waals surface area contributed by atoms with Gasteiger partial charge in [0.2, 0.25) is 0 Å². The van der Waals surface area contributed by atoms with Crippen LogP contribution in [0.2, 0.25) is 0 Å². The summed E-state index contributed by atoms with van der Waals surface area (Å²) in [6.45, 7) is 4.33. The minimum absolute atomic E-state index is 0.559. The average Bonchev–Trinajstić information content (AvgIpc) is 1.57. The standard InChI is InChI=1S/C86H58N8/c1-55-23-21-33-61(47-55)63-41-44-79-74(52-63)71-37-17-19-39-76(71)93(79)69-50-67(49-68(51-69)86-91-83(59-29-11-5-12-30-59)88-84(92-86)60-31-13-6-14-32-60)62-34-22-35-64(48-62)73-54-66(85-89-81(57-25-7-3-8-26-57)87-82(90-85)58-27-9-4-10-28-58)43-46-78(73)94-77-40-20-18-38-72(77)75-53-65(42-45-80(75)94)70-36-16-15-24-56(70)2/h3-54H,1-2H3. The van der Waals surface area contributed by atoms with Crippen molar-refractivity contribution in [1.29, 1.82) is 0 Å². The van der Waals surface area contributed by atoms with Crippen LogP contribution in [0.3, 0.4) is 0 Å². The summed E-state index contributed by atoms with van der Waals surface area (Å²) >= 11 is 0. The van der Waals surface area contributed by atoms with Gasteiger partial charge in [0.1, 0.15) is 0 Å². The van der Waals surface area contributed by atoms with E-state index < -0.39 is 0 Å². The lowest BCUT2D eigenvalue weighted by molar-refractivity contribution is 1.07. The molecule has 17 aromatic rings. The fourth-order valence-electron chi connectivity index (χ4n) is 13.4. The third-order valence-electron chi connectivity index (χ3n) is 18.0. The maximum atomic E-state index is 5.35. The van der Waals surface area contributed by atoms with Gasteiger partial charge in [-0.3, -0.25) is 0 Å². The summed E-state index contributed by atoms with van der Waals surface area (Å²) in [5.74, 6) is 3.50. The molecule has 0 N–H and O–H groups in total. The zero-order valence-corrected chi connectivity index (χ0v) is 51.6. The highest BCUT2D eigenvalue weighted by Gasteiger charge is 2.23. The van der Waals surface area contributed by atoms with Crippen molar-refractivity contribution in [2.24, 2.45) is 0 Å². The van der Waals surface area contributed by atoms with Gasteiger partial charge >= 0.3 is 0 Å². The van der Waals surface area contributed by atoms with Crippen molar-refractivity contribution in [2.45, 2.75) is 13.8 Å². The predicted molar refractivity (Wildman–Crippen MR) is 386 cm³/mol. The van der Waals surface area contributed by atoms with Crippen LogP contribution in [-0.2, 0) is 0 Å². The minimum Gasteiger partial charge on any atom is -0.309 e. The number of para-hydroxylation sites is 2. The molecule has 0 aliphatic heterocycles. The molecule has 442 valence electrons. The fourth-order valence-corrected chi connectivity index (χ4v) is 13.4. The van der Waals surface area contributed by atoms with Crippen LogP contribution in [-0.4, -0.2) is 39.0 Å². The molecule has 4 aromatic heterocycles. The first-order chi connectivity index (χ1) is 46.4. The first-order valence-corrected chi connectivity index (χ1v) is 31.7. The number of fused-ring (bicyclic) bond motifs is 6. The molecule has 0 bridgehead atoms. The zero-order valence-electron chi connectivity index (χ0n) is 51.6. The van der Waals surface area contributed by atoms with Gasteiger partial charge in [-0.25, -0.2) is 29.9 Å². The lowest BCUT2D eigenvalue weighted by atomic mass is 9.95. The van der Waals surface area contributed by atoms with Crippen molar-refractivity contribution in [3.05, 3.63) is 327 Å². The molecule has 0 amide bonds. The lowest BCUT2D eigenvalue weighted by Gasteiger charge is -2.18. The Bertz CT molecular complexity index is 5640. The van der Waals surface area contributed by atoms with E-state index in [-0.39, 0.29) is 0 Å². The molecule has 0 fully saturated rings. The summed E-state index contributed by atoms with van der Waals surface area (Å²) < 4.78 is 4.83. The van der Waals surface area contributed by atoms with E-state index in [9.17, 15) is 0 Å². The molecule has 0 aliphatic carbocycles. The van der Waals surface area contributed by atoms with Crippen LogP contribution in [0.4, 0.5) is 0 Å². The van der Waals surface area contributed by atoms with Crippen molar-refractivity contribution >= 4 is 43.6 Å². The SMILES string of the molecule is Cc1cccc(-c2ccc3c(c2)c2ccccc2n3-c2cc(-c3cccc(-c4cc(-c5nc(-c6ccccc6)nc(-c6ccccc6)n5)ccc4-n4c5ccccc5c5cc(-c6ccccc6C)ccc54)c3)cc(-c3nc(-c4ccccc4)nc(-c4ccccc4)n3)c2)c1. The second kappa shape index (κ2) is 23.4. The highest BCUT2D eigenvalue weighted by atomic mass is 15.1. The number of benzene rings is 13. The largest absolute Gasteiger partial charge is 0.309 e. The number of hydrogen-bond donors (Lipinski definition) is 0. The molecule has 0 saturated carbocycles. The molecule has 4 heterocycles. The quantitative estimate of drug-likeness (QED) is 0.121. The van der Waals surface area contributed by atoms with Crippen LogP contribution in [0.25, 0.3) is 168 Å². The van der Waals surface area contributed by atoms with Crippen molar-refractivity contribution in [1.82, 2.24) is 39.0 Å². The molecule has 0 radical (unpaired) electrons. The van der Waals surface area contributed by atoms with Crippen molar-refractivity contribution < 1.29 is 0 Å². The second-order valence-corrected chi connectivity index (χ2v) is 24.0. The van der Waals surface area contributed by atoms with Crippen LogP contribution < -0.4 is 0 Å². The molecule has 8 heteroatoms. The van der Waals surface area contributed by atoms with E-state index in [4.69, 9.17) is 29.9 Å². The normalized spacial score (nSPS) is 11.5. The van der Waals surface area contributed by atoms with Crippen LogP contribution >= 0.6 is 0 Å². The maximum absolute atomic E-state index is 5.35. The summed E-state index contributed by atoms with van der Waals surface area (Å²) in [4.78, 5) is 31.5. The van der Waals surface area contributed by atoms with Gasteiger partial charge in [0, 0.05) is 66.2 Å². The first-order valence-electron chi connectivity index (χ1n) is 31.7. The summed E-state index contributed by atoms with van der Waals surface area (Å²) in [6.07, 6.45) is 0. The molecule has 0 atom stereocenters. The Morgan fingerprint density at radius 2 is 0.596 bits per heavy atom. The zero-order chi connectivity index (χ0) is 62.6. The molecule has 94 heavy (non-hydrogen) atoms. The first kappa shape index (κ1) is 55.5. The highest BCUT2D eigenvalue weighted by molar-refractivity contribution is 6.12. The molecule has 0 aliphatic rings. The van der Waals surface area contributed by atoms with E-state index in [1.807, 2.05) is 72.8 Å². The van der Waals surface area contributed by atoms with Gasteiger partial charge in [-0.2, -0.15) is 0 Å². The van der Waals surface area contributed by atoms with E-state index in [2.05, 4.69) is 266 Å². The maximum Gasteiger partial charge on any atom is 0.164 e. The second-order valence-electron chi connectivity index (χ2n) is 24.0. The Labute approximate surface area is 544 Å². The lowest BCUT2D eigenvalue weighted by Crippen LogP contribution is -2.02. The topological polar surface area (TPSA) is 87.2 Å². The Kier molecular flexibility index (Phi) is 13.8. The van der Waals surface area contributed by atoms with E-state index in [1.165, 1.54) is 38.6 Å². The van der Waals surface area contributed by atoms with Gasteiger partial charge in [0.25, 0.3) is 0 Å². The Balaban J connectivity index is 0.906. The Morgan fingerprint density at radius 3 is 1.17 bits per heavy atom. The van der Waals surface area contributed by atoms with Gasteiger partial charge in [-0.05, 0) is 137 Å². The smallest absolute Gasteiger partial charge is 0.164 e. The molecule has 17 rings (SSSR count). The molecule has 8 nitrogen and oxygen atoms in total. The number of nitrogens with zero attached hydrogens (tertiary/aromatic N) is 8. The Hall–Kier alpha value is -12.5. The number of aryl methyl sites for hydroxylation is 2. The van der Waals surface area contributed by atoms with Crippen LogP contribution in [0.15, 0.2) is 315 Å². The van der Waals surface area contributed by atoms with Crippen molar-refractivity contribution in [3.8, 4) is 124 Å². The number of hydrogen-bond acceptors (Lipinski definition) is 6. The van der Waals surface area contributed by atoms with E-state index in [0.29, 0.717) is 34.9 Å². The molecule has 13 aromatic carbocycles. The van der Waals surface area contributed by atoms with Gasteiger partial charge in [0.15, 0.2) is 34.9 Å². The van der Waals surface area contributed by atoms with E-state index >= 15 is 0 Å². The van der Waals surface area contributed by atoms with Gasteiger partial charge in [-0.1, -0.05) is 242 Å². The molecule has 0 spiro atoms. The summed E-state index contributed by atoms with van der Waals surface area (Å²) in [5, 5.41) is 4.66. The average molecular weight is 1200 g/mol. The minimum atomic E-state index is 0.559. The van der Waals surface area contributed by atoms with Gasteiger partial charge in [0.05, 0.1) is 27.8 Å². The van der Waals surface area contributed by atoms with E-state index in [0.717, 1.165) is 105 Å². The summed E-state index contributed by atoms with van der Waals surface area (Å²) in [6, 6.07) is 112. The predicted octanol–water partition coefficient (Wildman–Crippen LogP) is 21.5. The van der Waals surface area contributed by atoms with Crippen LogP contribution in [0, 0.1) is 13.8 Å². The van der Waals surface area contributed by atoms with Gasteiger partial charge < -0.3 is 9.13 Å².